The van der Waals surface area contributed by atoms with Crippen molar-refractivity contribution in [3.8, 4) is 11.5 Å². The van der Waals surface area contributed by atoms with E-state index in [2.05, 4.69) is 0 Å². The number of hydrogen-bond donors (Lipinski definition) is 1. The Kier molecular flexibility index (Phi) is 15.2. The molecule has 4 aromatic carbocycles. The first-order chi connectivity index (χ1) is 28.9. The number of nitrogens with zero attached hydrogens (tertiary/aromatic N) is 3. The minimum Gasteiger partial charge on any atom is -0.485 e. The van der Waals surface area contributed by atoms with Gasteiger partial charge in [0, 0.05) is 54.9 Å². The number of halogens is 1. The van der Waals surface area contributed by atoms with E-state index in [4.69, 9.17) is 19.1 Å². The molecule has 0 aromatic heterocycles. The smallest absolute Gasteiger partial charge is 0.373 e. The molecule has 1 N–H and O–H groups in total. The number of non-ortho nitro benzene ring substituents is 1. The minimum atomic E-state index is -0.897. The molecule has 3 aliphatic heterocycles. The third-order valence-corrected chi connectivity index (χ3v) is 11.8. The Hall–Kier alpha value is -6.34. The second kappa shape index (κ2) is 20.3. The predicted molar refractivity (Wildman–Crippen MR) is 221 cm³/mol. The molecule has 0 unspecified atom stereocenters. The Morgan fingerprint density at radius 2 is 1.51 bits per heavy atom. The fraction of sp³-hybridized carbons (Fsp3) is 0.340. The molecule has 4 aromatic rings. The predicted octanol–water partition coefficient (Wildman–Crippen LogP) is 7.33. The van der Waals surface area contributed by atoms with Gasteiger partial charge in [-0.2, -0.15) is 9.59 Å². The molecule has 3 heterocycles. The Bertz CT molecular complexity index is 2270. The number of nitro groups is 1. The number of allylic oxidation sites excluding steroid dienone is 1. The fourth-order valence-corrected chi connectivity index (χ4v) is 8.74. The van der Waals surface area contributed by atoms with Crippen LogP contribution in [0.15, 0.2) is 108 Å². The molecule has 0 bridgehead atoms. The molecule has 320 valence electrons. The van der Waals surface area contributed by atoms with Gasteiger partial charge in [-0.25, -0.2) is 4.39 Å². The van der Waals surface area contributed by atoms with Crippen LogP contribution in [0.1, 0.15) is 71.4 Å². The number of aliphatic hydroxyl groups excluding tert-OH is 1. The van der Waals surface area contributed by atoms with E-state index in [1.165, 1.54) is 35.2 Å². The number of likely N-dealkylation sites (tertiary alicyclic amines) is 1. The lowest BCUT2D eigenvalue weighted by molar-refractivity contribution is -0.912. The average molecular weight is 836 g/mol. The molecular weight excluding hydrogens is 786 g/mol. The van der Waals surface area contributed by atoms with Gasteiger partial charge in [0.15, 0.2) is 23.1 Å². The van der Waals surface area contributed by atoms with Gasteiger partial charge < -0.3 is 31.4 Å². The molecule has 2 saturated heterocycles. The van der Waals surface area contributed by atoms with Gasteiger partial charge in [-0.1, -0.05) is 67.6 Å². The van der Waals surface area contributed by atoms with Crippen LogP contribution in [0, 0.1) is 35.2 Å². The number of Topliss-reactive ketones (excluding diaryl/α,β-unsaturated/α-hetero) is 2. The molecule has 61 heavy (non-hydrogen) atoms. The van der Waals surface area contributed by atoms with Crippen LogP contribution in [0.5, 0.6) is 11.5 Å². The van der Waals surface area contributed by atoms with Crippen LogP contribution in [0.25, 0.3) is 0 Å². The van der Waals surface area contributed by atoms with E-state index in [-0.39, 0.29) is 90.9 Å². The van der Waals surface area contributed by atoms with E-state index >= 15 is 4.39 Å². The maximum Gasteiger partial charge on any atom is 0.373 e. The number of carbonyl (C=O) groups is 3. The number of aliphatic hydroxyl groups is 1. The summed E-state index contributed by atoms with van der Waals surface area (Å²) in [6.07, 6.45) is 1.79. The molecule has 7 rings (SSSR count). The summed E-state index contributed by atoms with van der Waals surface area (Å²) in [6.45, 7) is 6.52. The number of ether oxygens (including phenoxy) is 2. The summed E-state index contributed by atoms with van der Waals surface area (Å²) >= 11 is 0. The van der Waals surface area contributed by atoms with Crippen LogP contribution in [-0.2, 0) is 27.6 Å². The number of fused-ring (bicyclic) bond motifs is 1. The van der Waals surface area contributed by atoms with Crippen molar-refractivity contribution in [3.63, 3.8) is 0 Å². The Balaban J connectivity index is 0.00000171. The van der Waals surface area contributed by atoms with Crippen molar-refractivity contribution in [2.45, 2.75) is 64.9 Å². The van der Waals surface area contributed by atoms with Crippen LogP contribution in [0.4, 0.5) is 10.1 Å². The molecule has 1 amide bonds. The van der Waals surface area contributed by atoms with E-state index in [9.17, 15) is 29.6 Å². The number of nitro benzene ring substituents is 1. The lowest BCUT2D eigenvalue weighted by Crippen LogP contribution is -2.63. The maximum absolute atomic E-state index is 16.3. The molecule has 13 nitrogen and oxygen atoms in total. The van der Waals surface area contributed by atoms with Crippen molar-refractivity contribution in [2.24, 2.45) is 11.8 Å². The summed E-state index contributed by atoms with van der Waals surface area (Å²) < 4.78 is 28.9. The summed E-state index contributed by atoms with van der Waals surface area (Å²) in [7, 11) is 0. The standard InChI is InChI=1S/C45H47FN3O8.CO2.CH3/c1-29-36(42(47-41(29)39(30(2)50)45(47)53)43(52)33-17-19-34(20-18-33)48(54)55)26-49(23-9-10-24-49)25-11-16-37(51)35-21-22-38(56-27-31-12-5-3-6-13-31)44(40(35)46)57-28-32-14-7-4-8-15-32;2-1-3;/h3-8,12-15,17-22,29-30,39,41,50H,9-11,16,23-28H2,1-2H3;;1H3/q+1;;-1/t29-,30+,39+,41+;;/m0../s1. The summed E-state index contributed by atoms with van der Waals surface area (Å²) in [5.74, 6) is -2.62. The van der Waals surface area contributed by atoms with Gasteiger partial charge in [0.2, 0.25) is 11.7 Å². The highest BCUT2D eigenvalue weighted by atomic mass is 19.1. The number of benzene rings is 4. The van der Waals surface area contributed by atoms with Gasteiger partial charge in [-0.05, 0) is 42.3 Å². The molecule has 4 atom stereocenters. The van der Waals surface area contributed by atoms with Gasteiger partial charge in [0.1, 0.15) is 19.8 Å². The van der Waals surface area contributed by atoms with Crippen LogP contribution in [0.2, 0.25) is 0 Å². The first-order valence-electron chi connectivity index (χ1n) is 20.0. The minimum absolute atomic E-state index is 0. The zero-order valence-corrected chi connectivity index (χ0v) is 34.5. The third kappa shape index (κ3) is 10.0. The van der Waals surface area contributed by atoms with Gasteiger partial charge in [0.25, 0.3) is 5.69 Å². The number of carbonyl (C=O) groups excluding carboxylic acids is 5. The van der Waals surface area contributed by atoms with E-state index in [0.29, 0.717) is 24.0 Å². The lowest BCUT2D eigenvalue weighted by atomic mass is 9.77. The second-order valence-electron chi connectivity index (χ2n) is 15.6. The van der Waals surface area contributed by atoms with Gasteiger partial charge in [-0.3, -0.25) is 24.5 Å². The average Bonchev–Trinajstić information content (AvgIpc) is 3.80. The highest BCUT2D eigenvalue weighted by molar-refractivity contribution is 6.13. The highest BCUT2D eigenvalue weighted by Gasteiger charge is 2.60. The molecule has 0 aliphatic carbocycles. The van der Waals surface area contributed by atoms with Crippen LogP contribution < -0.4 is 9.47 Å². The SMILES string of the molecule is C[C@@H](O)[C@H]1C(=O)N2C(C(=O)c3ccc([N+](=O)[O-])cc3)=C(C[N+]3(CCCC(=O)c4ccc(OCc5ccccc5)c(OCc5ccccc5)c4F)CCCC3)[C@H](C)[C@H]12.O=C=O.[CH3-]. The van der Waals surface area contributed by atoms with Gasteiger partial charge in [0.05, 0.1) is 53.9 Å². The van der Waals surface area contributed by atoms with Crippen molar-refractivity contribution >= 4 is 29.3 Å². The number of quaternary nitrogens is 1. The normalized spacial score (nSPS) is 19.0. The van der Waals surface area contributed by atoms with Gasteiger partial charge >= 0.3 is 6.15 Å². The second-order valence-corrected chi connectivity index (χ2v) is 15.6. The zero-order valence-electron chi connectivity index (χ0n) is 34.5. The Labute approximate surface area is 354 Å². The largest absolute Gasteiger partial charge is 0.485 e. The number of amides is 1. The monoisotopic (exact) mass is 835 g/mol. The fourth-order valence-electron chi connectivity index (χ4n) is 8.74. The van der Waals surface area contributed by atoms with Crippen LogP contribution in [-0.4, -0.2) is 81.4 Å². The molecule has 14 heteroatoms. The number of rotatable bonds is 17. The van der Waals surface area contributed by atoms with Crippen LogP contribution >= 0.6 is 0 Å². The third-order valence-electron chi connectivity index (χ3n) is 11.8. The van der Waals surface area contributed by atoms with E-state index in [1.807, 2.05) is 67.6 Å². The zero-order chi connectivity index (χ0) is 43.0. The Morgan fingerprint density at radius 1 is 0.934 bits per heavy atom. The van der Waals surface area contributed by atoms with E-state index < -0.39 is 28.5 Å². The molecule has 0 spiro atoms. The summed E-state index contributed by atoms with van der Waals surface area (Å²) in [4.78, 5) is 69.9. The van der Waals surface area contributed by atoms with Crippen molar-refractivity contribution in [3.05, 3.63) is 154 Å². The van der Waals surface area contributed by atoms with E-state index in [1.54, 1.807) is 13.0 Å². The summed E-state index contributed by atoms with van der Waals surface area (Å²) in [5.41, 5.74) is 2.84. The first kappa shape index (κ1) is 45.7. The summed E-state index contributed by atoms with van der Waals surface area (Å²) in [5, 5.41) is 21.8. The van der Waals surface area contributed by atoms with Crippen molar-refractivity contribution < 1.29 is 52.3 Å². The molecule has 2 fully saturated rings. The number of β-lactam (4-membered cyclic amide) rings is 1. The topological polar surface area (TPSA) is 170 Å². The molecule has 0 radical (unpaired) electrons. The molecular formula is C47H50FN3O10. The van der Waals surface area contributed by atoms with Crippen LogP contribution in [0.3, 0.4) is 0 Å². The quantitative estimate of drug-likeness (QED) is 0.0284. The molecule has 0 saturated carbocycles. The van der Waals surface area contributed by atoms with E-state index in [0.717, 1.165) is 42.6 Å². The lowest BCUT2D eigenvalue weighted by Gasteiger charge is -2.46. The summed E-state index contributed by atoms with van der Waals surface area (Å²) in [6, 6.07) is 26.9. The van der Waals surface area contributed by atoms with Crippen molar-refractivity contribution in [2.75, 3.05) is 26.2 Å². The highest BCUT2D eigenvalue weighted by Crippen LogP contribution is 2.49. The maximum atomic E-state index is 16.3. The number of ketones is 2. The Morgan fingerprint density at radius 3 is 2.07 bits per heavy atom. The number of hydrogen-bond acceptors (Lipinski definition) is 10. The van der Waals surface area contributed by atoms with Crippen molar-refractivity contribution in [1.29, 1.82) is 0 Å². The van der Waals surface area contributed by atoms with Gasteiger partial charge in [-0.15, -0.1) is 0 Å². The molecule has 3 aliphatic rings. The first-order valence-corrected chi connectivity index (χ1v) is 20.0. The van der Waals surface area contributed by atoms with Crippen molar-refractivity contribution in [1.82, 2.24) is 4.90 Å².